The fourth-order valence-corrected chi connectivity index (χ4v) is 3.06. The fraction of sp³-hybridized carbons (Fsp3) is 0.316. The van der Waals surface area contributed by atoms with Crippen LogP contribution in [0, 0.1) is 5.92 Å². The van der Waals surface area contributed by atoms with Gasteiger partial charge in [-0.05, 0) is 54.2 Å². The summed E-state index contributed by atoms with van der Waals surface area (Å²) in [6.07, 6.45) is 3.54. The van der Waals surface area contributed by atoms with Gasteiger partial charge in [-0.15, -0.1) is 12.4 Å². The summed E-state index contributed by atoms with van der Waals surface area (Å²) in [5, 5.41) is 3.91. The maximum Gasteiger partial charge on any atom is 0.251 e. The molecule has 24 heavy (non-hydrogen) atoms. The van der Waals surface area contributed by atoms with E-state index in [1.807, 2.05) is 48.5 Å². The van der Waals surface area contributed by atoms with Crippen LogP contribution in [0.3, 0.4) is 0 Å². The number of nitrogens with one attached hydrogen (secondary N) is 1. The van der Waals surface area contributed by atoms with Crippen molar-refractivity contribution >= 4 is 29.9 Å². The summed E-state index contributed by atoms with van der Waals surface area (Å²) in [7, 11) is 0. The second kappa shape index (κ2) is 8.52. The summed E-state index contributed by atoms with van der Waals surface area (Å²) in [5.41, 5.74) is 8.41. The standard InChI is InChI=1S/C19H21ClN2O.ClH/c20-17-10-8-15(9-11-17)18(14-2-1-3-14)22-19(23)16-6-4-13(12-21)5-7-16;/h4-11,14,18H,1-3,12,21H2,(H,22,23);1H. The van der Waals surface area contributed by atoms with Gasteiger partial charge in [0.2, 0.25) is 0 Å². The Labute approximate surface area is 154 Å². The van der Waals surface area contributed by atoms with Crippen LogP contribution < -0.4 is 11.1 Å². The third-order valence-corrected chi connectivity index (χ3v) is 4.84. The molecule has 5 heteroatoms. The number of amides is 1. The number of carbonyl (C=O) groups is 1. The van der Waals surface area contributed by atoms with Gasteiger partial charge in [0.05, 0.1) is 6.04 Å². The van der Waals surface area contributed by atoms with E-state index in [2.05, 4.69) is 5.32 Å². The Bertz CT molecular complexity index is 667. The highest BCUT2D eigenvalue weighted by Gasteiger charge is 2.29. The monoisotopic (exact) mass is 364 g/mol. The molecular formula is C19H22Cl2N2O. The largest absolute Gasteiger partial charge is 0.345 e. The van der Waals surface area contributed by atoms with Crippen molar-refractivity contribution in [3.05, 3.63) is 70.2 Å². The lowest BCUT2D eigenvalue weighted by molar-refractivity contribution is 0.0900. The summed E-state index contributed by atoms with van der Waals surface area (Å²) in [6.45, 7) is 0.484. The zero-order valence-corrected chi connectivity index (χ0v) is 14.9. The molecule has 2 aromatic rings. The molecule has 1 aliphatic rings. The molecule has 1 amide bonds. The van der Waals surface area contributed by atoms with Crippen LogP contribution in [0.5, 0.6) is 0 Å². The van der Waals surface area contributed by atoms with Crippen LogP contribution in [0.1, 0.15) is 46.8 Å². The van der Waals surface area contributed by atoms with Crippen LogP contribution in [0.2, 0.25) is 5.02 Å². The van der Waals surface area contributed by atoms with E-state index in [1.165, 1.54) is 6.42 Å². The molecule has 0 spiro atoms. The third kappa shape index (κ3) is 4.29. The molecule has 2 aromatic carbocycles. The average Bonchev–Trinajstić information content (AvgIpc) is 2.53. The summed E-state index contributed by atoms with van der Waals surface area (Å²) >= 11 is 5.98. The van der Waals surface area contributed by atoms with Gasteiger partial charge in [0.15, 0.2) is 0 Å². The molecule has 1 unspecified atom stereocenters. The lowest BCUT2D eigenvalue weighted by Crippen LogP contribution is -2.36. The minimum absolute atomic E-state index is 0. The molecule has 0 radical (unpaired) electrons. The molecule has 1 fully saturated rings. The van der Waals surface area contributed by atoms with E-state index in [0.717, 1.165) is 24.0 Å². The predicted molar refractivity (Wildman–Crippen MR) is 101 cm³/mol. The number of halogens is 2. The zero-order valence-electron chi connectivity index (χ0n) is 13.4. The third-order valence-electron chi connectivity index (χ3n) is 4.59. The van der Waals surface area contributed by atoms with Crippen molar-refractivity contribution in [1.82, 2.24) is 5.32 Å². The van der Waals surface area contributed by atoms with E-state index in [-0.39, 0.29) is 24.4 Å². The highest BCUT2D eigenvalue weighted by molar-refractivity contribution is 6.30. The minimum Gasteiger partial charge on any atom is -0.345 e. The molecule has 0 bridgehead atoms. The van der Waals surface area contributed by atoms with E-state index < -0.39 is 0 Å². The Morgan fingerprint density at radius 3 is 2.25 bits per heavy atom. The number of hydrogen-bond donors (Lipinski definition) is 2. The van der Waals surface area contributed by atoms with Gasteiger partial charge in [0.1, 0.15) is 0 Å². The molecule has 0 saturated heterocycles. The van der Waals surface area contributed by atoms with Crippen molar-refractivity contribution in [1.29, 1.82) is 0 Å². The second-order valence-corrected chi connectivity index (χ2v) is 6.53. The summed E-state index contributed by atoms with van der Waals surface area (Å²) in [4.78, 5) is 12.6. The molecule has 3 N–H and O–H groups in total. The molecule has 128 valence electrons. The van der Waals surface area contributed by atoms with Crippen molar-refractivity contribution in [2.75, 3.05) is 0 Å². The van der Waals surface area contributed by atoms with Crippen LogP contribution in [0.15, 0.2) is 48.5 Å². The quantitative estimate of drug-likeness (QED) is 0.820. The van der Waals surface area contributed by atoms with Gasteiger partial charge in [-0.2, -0.15) is 0 Å². The topological polar surface area (TPSA) is 55.1 Å². The van der Waals surface area contributed by atoms with E-state index in [4.69, 9.17) is 17.3 Å². The number of benzene rings is 2. The Morgan fingerprint density at radius 2 is 1.75 bits per heavy atom. The van der Waals surface area contributed by atoms with Gasteiger partial charge >= 0.3 is 0 Å². The fourth-order valence-electron chi connectivity index (χ4n) is 2.93. The van der Waals surface area contributed by atoms with Gasteiger partial charge in [0, 0.05) is 17.1 Å². The summed E-state index contributed by atoms with van der Waals surface area (Å²) < 4.78 is 0. The molecule has 3 rings (SSSR count). The van der Waals surface area contributed by atoms with Crippen molar-refractivity contribution in [2.24, 2.45) is 11.7 Å². The number of hydrogen-bond acceptors (Lipinski definition) is 2. The Morgan fingerprint density at radius 1 is 1.12 bits per heavy atom. The van der Waals surface area contributed by atoms with Crippen molar-refractivity contribution in [3.8, 4) is 0 Å². The average molecular weight is 365 g/mol. The number of carbonyl (C=O) groups excluding carboxylic acids is 1. The Kier molecular flexibility index (Phi) is 6.67. The van der Waals surface area contributed by atoms with Gasteiger partial charge in [-0.1, -0.05) is 42.3 Å². The first-order chi connectivity index (χ1) is 11.2. The van der Waals surface area contributed by atoms with E-state index >= 15 is 0 Å². The van der Waals surface area contributed by atoms with Gasteiger partial charge in [-0.3, -0.25) is 4.79 Å². The smallest absolute Gasteiger partial charge is 0.251 e. The lowest BCUT2D eigenvalue weighted by atomic mass is 9.77. The summed E-state index contributed by atoms with van der Waals surface area (Å²) in [5.74, 6) is 0.462. The maximum absolute atomic E-state index is 12.6. The van der Waals surface area contributed by atoms with Crippen molar-refractivity contribution < 1.29 is 4.79 Å². The van der Waals surface area contributed by atoms with E-state index in [9.17, 15) is 4.79 Å². The van der Waals surface area contributed by atoms with Crippen LogP contribution in [0.25, 0.3) is 0 Å². The normalized spacial score (nSPS) is 15.1. The molecular weight excluding hydrogens is 343 g/mol. The summed E-state index contributed by atoms with van der Waals surface area (Å²) in [6, 6.07) is 15.3. The van der Waals surface area contributed by atoms with Crippen molar-refractivity contribution in [3.63, 3.8) is 0 Å². The predicted octanol–water partition coefficient (Wildman–Crippen LogP) is 4.49. The molecule has 0 heterocycles. The first-order valence-electron chi connectivity index (χ1n) is 8.02. The van der Waals surface area contributed by atoms with Gasteiger partial charge < -0.3 is 11.1 Å². The Hall–Kier alpha value is -1.55. The van der Waals surface area contributed by atoms with Crippen molar-refractivity contribution in [2.45, 2.75) is 31.8 Å². The molecule has 1 atom stereocenters. The SMILES string of the molecule is Cl.NCc1ccc(C(=O)NC(c2ccc(Cl)cc2)C2CCC2)cc1. The Balaban J connectivity index is 0.00000208. The lowest BCUT2D eigenvalue weighted by Gasteiger charge is -2.34. The molecule has 3 nitrogen and oxygen atoms in total. The molecule has 1 saturated carbocycles. The maximum atomic E-state index is 12.6. The van der Waals surface area contributed by atoms with E-state index in [0.29, 0.717) is 23.0 Å². The van der Waals surface area contributed by atoms with Crippen LogP contribution in [-0.2, 0) is 6.54 Å². The highest BCUT2D eigenvalue weighted by Crippen LogP contribution is 2.38. The van der Waals surface area contributed by atoms with E-state index in [1.54, 1.807) is 0 Å². The highest BCUT2D eigenvalue weighted by atomic mass is 35.5. The second-order valence-electron chi connectivity index (χ2n) is 6.09. The van der Waals surface area contributed by atoms with Gasteiger partial charge in [-0.25, -0.2) is 0 Å². The first kappa shape index (κ1) is 18.8. The molecule has 0 aromatic heterocycles. The minimum atomic E-state index is -0.0413. The van der Waals surface area contributed by atoms with Crippen LogP contribution in [0.4, 0.5) is 0 Å². The molecule has 0 aliphatic heterocycles. The number of rotatable bonds is 5. The van der Waals surface area contributed by atoms with Crippen LogP contribution >= 0.6 is 24.0 Å². The van der Waals surface area contributed by atoms with Gasteiger partial charge in [0.25, 0.3) is 5.91 Å². The molecule has 1 aliphatic carbocycles. The van der Waals surface area contributed by atoms with Crippen LogP contribution in [-0.4, -0.2) is 5.91 Å². The number of nitrogens with two attached hydrogens (primary N) is 1. The zero-order chi connectivity index (χ0) is 16.2. The first-order valence-corrected chi connectivity index (χ1v) is 8.40.